The van der Waals surface area contributed by atoms with Crippen molar-refractivity contribution in [2.24, 2.45) is 0 Å². The van der Waals surface area contributed by atoms with Gasteiger partial charge in [-0.1, -0.05) is 15.9 Å². The van der Waals surface area contributed by atoms with E-state index >= 15 is 0 Å². The Labute approximate surface area is 146 Å². The Morgan fingerprint density at radius 1 is 1.35 bits per heavy atom. The number of oxazole rings is 1. The lowest BCUT2D eigenvalue weighted by molar-refractivity contribution is 0.116. The van der Waals surface area contributed by atoms with Gasteiger partial charge < -0.3 is 9.15 Å². The summed E-state index contributed by atoms with van der Waals surface area (Å²) in [4.78, 5) is 7.21. The van der Waals surface area contributed by atoms with Gasteiger partial charge in [-0.25, -0.2) is 4.98 Å². The molecule has 0 N–H and O–H groups in total. The Morgan fingerprint density at radius 3 is 2.87 bits per heavy atom. The number of aryl methyl sites for hydroxylation is 1. The fraction of sp³-hybridized carbons (Fsp3) is 0.500. The van der Waals surface area contributed by atoms with Gasteiger partial charge in [-0.15, -0.1) is 0 Å². The first kappa shape index (κ1) is 16.7. The molecule has 0 aliphatic carbocycles. The molecule has 124 valence electrons. The van der Waals surface area contributed by atoms with Crippen LogP contribution in [0.3, 0.4) is 0 Å². The quantitative estimate of drug-likeness (QED) is 0.759. The molecule has 23 heavy (non-hydrogen) atoms. The molecule has 0 spiro atoms. The van der Waals surface area contributed by atoms with E-state index < -0.39 is 0 Å². The van der Waals surface area contributed by atoms with Crippen LogP contribution in [0.1, 0.15) is 24.3 Å². The molecule has 1 aliphatic heterocycles. The second kappa shape index (κ2) is 7.60. The number of aromatic nitrogens is 1. The van der Waals surface area contributed by atoms with Crippen LogP contribution in [0.15, 0.2) is 33.2 Å². The van der Waals surface area contributed by atoms with Crippen LogP contribution in [0.2, 0.25) is 0 Å². The second-order valence-corrected chi connectivity index (χ2v) is 6.98. The van der Waals surface area contributed by atoms with Crippen LogP contribution in [0.25, 0.3) is 11.5 Å². The Kier molecular flexibility index (Phi) is 5.51. The first-order valence-corrected chi connectivity index (χ1v) is 8.92. The van der Waals surface area contributed by atoms with Crippen molar-refractivity contribution in [2.75, 3.05) is 26.8 Å². The SMILES string of the molecule is COCC1CCCN1CCc1nc(-c2ccc(Br)cc2)oc1C. The number of hydrogen-bond acceptors (Lipinski definition) is 4. The number of hydrogen-bond donors (Lipinski definition) is 0. The molecule has 3 rings (SSSR count). The molecule has 4 nitrogen and oxygen atoms in total. The summed E-state index contributed by atoms with van der Waals surface area (Å²) in [7, 11) is 1.78. The molecular formula is C18H23BrN2O2. The topological polar surface area (TPSA) is 38.5 Å². The van der Waals surface area contributed by atoms with E-state index in [2.05, 4.69) is 20.8 Å². The molecular weight excluding hydrogens is 356 g/mol. The van der Waals surface area contributed by atoms with Crippen LogP contribution < -0.4 is 0 Å². The minimum Gasteiger partial charge on any atom is -0.441 e. The minimum atomic E-state index is 0.554. The van der Waals surface area contributed by atoms with E-state index in [-0.39, 0.29) is 0 Å². The number of rotatable bonds is 6. The molecule has 1 fully saturated rings. The lowest BCUT2D eigenvalue weighted by Crippen LogP contribution is -2.34. The highest BCUT2D eigenvalue weighted by Gasteiger charge is 2.24. The van der Waals surface area contributed by atoms with Crippen molar-refractivity contribution in [3.05, 3.63) is 40.2 Å². The lowest BCUT2D eigenvalue weighted by Gasteiger charge is -2.23. The van der Waals surface area contributed by atoms with E-state index in [9.17, 15) is 0 Å². The zero-order chi connectivity index (χ0) is 16.2. The number of nitrogens with zero attached hydrogens (tertiary/aromatic N) is 2. The molecule has 0 bridgehead atoms. The third-order valence-corrected chi connectivity index (χ3v) is 5.01. The first-order valence-electron chi connectivity index (χ1n) is 8.12. The van der Waals surface area contributed by atoms with E-state index in [4.69, 9.17) is 14.1 Å². The Hall–Kier alpha value is -1.17. The van der Waals surface area contributed by atoms with Gasteiger partial charge in [0.2, 0.25) is 5.89 Å². The summed E-state index contributed by atoms with van der Waals surface area (Å²) >= 11 is 3.45. The second-order valence-electron chi connectivity index (χ2n) is 6.07. The van der Waals surface area contributed by atoms with Crippen molar-refractivity contribution in [3.63, 3.8) is 0 Å². The van der Waals surface area contributed by atoms with Gasteiger partial charge in [0, 0.05) is 36.2 Å². The summed E-state index contributed by atoms with van der Waals surface area (Å²) in [6.45, 7) is 4.99. The molecule has 1 atom stereocenters. The minimum absolute atomic E-state index is 0.554. The van der Waals surface area contributed by atoms with E-state index in [1.165, 1.54) is 12.8 Å². The lowest BCUT2D eigenvalue weighted by atomic mass is 10.2. The smallest absolute Gasteiger partial charge is 0.226 e. The summed E-state index contributed by atoms with van der Waals surface area (Å²) in [6.07, 6.45) is 3.41. The molecule has 5 heteroatoms. The van der Waals surface area contributed by atoms with Crippen molar-refractivity contribution in [1.82, 2.24) is 9.88 Å². The Morgan fingerprint density at radius 2 is 2.13 bits per heavy atom. The molecule has 2 aromatic rings. The maximum absolute atomic E-state index is 5.86. The summed E-state index contributed by atoms with van der Waals surface area (Å²) in [5.41, 5.74) is 2.08. The van der Waals surface area contributed by atoms with Crippen molar-refractivity contribution in [1.29, 1.82) is 0 Å². The van der Waals surface area contributed by atoms with Crippen molar-refractivity contribution < 1.29 is 9.15 Å². The van der Waals surface area contributed by atoms with Gasteiger partial charge in [-0.2, -0.15) is 0 Å². The zero-order valence-electron chi connectivity index (χ0n) is 13.7. The molecule has 2 heterocycles. The summed E-state index contributed by atoms with van der Waals surface area (Å²) in [5, 5.41) is 0. The predicted octanol–water partition coefficient (Wildman–Crippen LogP) is 4.07. The third kappa shape index (κ3) is 4.03. The number of likely N-dealkylation sites (tertiary alicyclic amines) is 1. The van der Waals surface area contributed by atoms with Gasteiger partial charge in [-0.3, -0.25) is 4.90 Å². The number of benzene rings is 1. The normalized spacial score (nSPS) is 18.7. The van der Waals surface area contributed by atoms with E-state index in [0.717, 1.165) is 47.6 Å². The average Bonchev–Trinajstić information content (AvgIpc) is 3.13. The summed E-state index contributed by atoms with van der Waals surface area (Å²) < 4.78 is 12.2. The van der Waals surface area contributed by atoms with Gasteiger partial charge in [0.1, 0.15) is 5.76 Å². The molecule has 1 aromatic heterocycles. The summed E-state index contributed by atoms with van der Waals surface area (Å²) in [5.74, 6) is 1.63. The van der Waals surface area contributed by atoms with Gasteiger partial charge >= 0.3 is 0 Å². The maximum atomic E-state index is 5.86. The largest absolute Gasteiger partial charge is 0.441 e. The molecule has 1 aromatic carbocycles. The highest BCUT2D eigenvalue weighted by Crippen LogP contribution is 2.24. The zero-order valence-corrected chi connectivity index (χ0v) is 15.3. The molecule has 1 unspecified atom stereocenters. The Balaban J connectivity index is 1.66. The van der Waals surface area contributed by atoms with Gasteiger partial charge in [-0.05, 0) is 50.6 Å². The van der Waals surface area contributed by atoms with Crippen molar-refractivity contribution in [3.8, 4) is 11.5 Å². The molecule has 1 aliphatic rings. The highest BCUT2D eigenvalue weighted by atomic mass is 79.9. The van der Waals surface area contributed by atoms with E-state index in [1.54, 1.807) is 7.11 Å². The molecule has 0 amide bonds. The van der Waals surface area contributed by atoms with Crippen LogP contribution in [0.4, 0.5) is 0 Å². The highest BCUT2D eigenvalue weighted by molar-refractivity contribution is 9.10. The fourth-order valence-electron chi connectivity index (χ4n) is 3.20. The van der Waals surface area contributed by atoms with Gasteiger partial charge in [0.25, 0.3) is 0 Å². The number of halogens is 1. The average molecular weight is 379 g/mol. The van der Waals surface area contributed by atoms with Crippen LogP contribution in [0.5, 0.6) is 0 Å². The molecule has 0 radical (unpaired) electrons. The van der Waals surface area contributed by atoms with Crippen LogP contribution in [-0.4, -0.2) is 42.7 Å². The van der Waals surface area contributed by atoms with Crippen molar-refractivity contribution >= 4 is 15.9 Å². The van der Waals surface area contributed by atoms with Crippen LogP contribution >= 0.6 is 15.9 Å². The van der Waals surface area contributed by atoms with Gasteiger partial charge in [0.05, 0.1) is 12.3 Å². The van der Waals surface area contributed by atoms with Crippen LogP contribution in [0, 0.1) is 6.92 Å². The van der Waals surface area contributed by atoms with Gasteiger partial charge in [0.15, 0.2) is 0 Å². The van der Waals surface area contributed by atoms with E-state index in [1.807, 2.05) is 31.2 Å². The number of ether oxygens (including phenoxy) is 1. The maximum Gasteiger partial charge on any atom is 0.226 e. The third-order valence-electron chi connectivity index (χ3n) is 4.48. The number of methoxy groups -OCH3 is 1. The van der Waals surface area contributed by atoms with Crippen LogP contribution in [-0.2, 0) is 11.2 Å². The fourth-order valence-corrected chi connectivity index (χ4v) is 3.46. The summed E-state index contributed by atoms with van der Waals surface area (Å²) in [6, 6.07) is 8.61. The van der Waals surface area contributed by atoms with Crippen molar-refractivity contribution in [2.45, 2.75) is 32.2 Å². The molecule has 1 saturated heterocycles. The Bertz CT molecular complexity index is 639. The predicted molar refractivity (Wildman–Crippen MR) is 94.6 cm³/mol. The monoisotopic (exact) mass is 378 g/mol. The first-order chi connectivity index (χ1) is 11.2. The molecule has 0 saturated carbocycles. The van der Waals surface area contributed by atoms with E-state index in [0.29, 0.717) is 11.9 Å². The standard InChI is InChI=1S/C18H23BrN2O2/c1-13-17(9-11-21-10-3-4-16(21)12-22-2)20-18(23-13)14-5-7-15(19)8-6-14/h5-8,16H,3-4,9-12H2,1-2H3.